The van der Waals surface area contributed by atoms with Crippen molar-refractivity contribution >= 4 is 11.0 Å². The third kappa shape index (κ3) is 2.98. The van der Waals surface area contributed by atoms with Gasteiger partial charge in [-0.3, -0.25) is 0 Å². The summed E-state index contributed by atoms with van der Waals surface area (Å²) in [5, 5.41) is 0. The smallest absolute Gasteiger partial charge is 0.111 e. The number of hydrogen-bond donors (Lipinski definition) is 1. The number of nitrogens with zero attached hydrogens (tertiary/aromatic N) is 2. The maximum Gasteiger partial charge on any atom is 0.111 e. The van der Waals surface area contributed by atoms with Gasteiger partial charge in [-0.1, -0.05) is 19.8 Å². The van der Waals surface area contributed by atoms with Gasteiger partial charge in [-0.15, -0.1) is 0 Å². The summed E-state index contributed by atoms with van der Waals surface area (Å²) in [6.45, 7) is 8.27. The van der Waals surface area contributed by atoms with Gasteiger partial charge in [-0.25, -0.2) is 4.98 Å². The standard InChI is InChI=1S/C16H25N3/c1-4-5-6-9-19-15-11-13(3)12(2)10-14(15)18-16(19)7-8-17/h10-11H,4-9,17H2,1-3H3. The van der Waals surface area contributed by atoms with E-state index in [1.807, 2.05) is 0 Å². The Labute approximate surface area is 115 Å². The maximum absolute atomic E-state index is 5.71. The van der Waals surface area contributed by atoms with E-state index < -0.39 is 0 Å². The van der Waals surface area contributed by atoms with Crippen LogP contribution in [0.15, 0.2) is 12.1 Å². The largest absolute Gasteiger partial charge is 0.330 e. The van der Waals surface area contributed by atoms with Crippen LogP contribution >= 0.6 is 0 Å². The first-order valence-corrected chi connectivity index (χ1v) is 7.33. The number of aryl methyl sites for hydroxylation is 3. The van der Waals surface area contributed by atoms with Crippen molar-refractivity contribution in [2.75, 3.05) is 6.54 Å². The van der Waals surface area contributed by atoms with Gasteiger partial charge < -0.3 is 10.3 Å². The minimum Gasteiger partial charge on any atom is -0.330 e. The summed E-state index contributed by atoms with van der Waals surface area (Å²) in [4.78, 5) is 4.77. The van der Waals surface area contributed by atoms with E-state index >= 15 is 0 Å². The fraction of sp³-hybridized carbons (Fsp3) is 0.562. The molecule has 0 radical (unpaired) electrons. The molecule has 0 unspecified atom stereocenters. The zero-order chi connectivity index (χ0) is 13.8. The van der Waals surface area contributed by atoms with Crippen molar-refractivity contribution in [2.45, 2.75) is 53.0 Å². The lowest BCUT2D eigenvalue weighted by atomic mass is 10.1. The molecule has 0 amide bonds. The molecule has 0 atom stereocenters. The molecule has 0 spiro atoms. The van der Waals surface area contributed by atoms with E-state index in [9.17, 15) is 0 Å². The molecule has 0 bridgehead atoms. The fourth-order valence-electron chi connectivity index (χ4n) is 2.52. The number of benzene rings is 1. The van der Waals surface area contributed by atoms with E-state index in [0.717, 1.165) is 24.3 Å². The van der Waals surface area contributed by atoms with Crippen LogP contribution in [0, 0.1) is 13.8 Å². The number of hydrogen-bond acceptors (Lipinski definition) is 2. The minimum atomic E-state index is 0.662. The Kier molecular flexibility index (Phi) is 4.59. The Hall–Kier alpha value is -1.35. The number of fused-ring (bicyclic) bond motifs is 1. The molecule has 2 rings (SSSR count). The molecule has 1 aromatic heterocycles. The van der Waals surface area contributed by atoms with E-state index in [1.165, 1.54) is 35.9 Å². The molecule has 104 valence electrons. The summed E-state index contributed by atoms with van der Waals surface area (Å²) in [6.07, 6.45) is 4.59. The summed E-state index contributed by atoms with van der Waals surface area (Å²) in [7, 11) is 0. The Morgan fingerprint density at radius 3 is 2.58 bits per heavy atom. The first-order chi connectivity index (χ1) is 9.17. The van der Waals surface area contributed by atoms with Crippen molar-refractivity contribution in [1.82, 2.24) is 9.55 Å². The molecule has 0 aliphatic heterocycles. The number of unbranched alkanes of at least 4 members (excludes halogenated alkanes) is 2. The molecule has 19 heavy (non-hydrogen) atoms. The van der Waals surface area contributed by atoms with Crippen molar-refractivity contribution in [3.05, 3.63) is 29.1 Å². The molecule has 0 aliphatic carbocycles. The van der Waals surface area contributed by atoms with Gasteiger partial charge in [-0.05, 0) is 50.1 Å². The topological polar surface area (TPSA) is 43.8 Å². The molecule has 0 saturated carbocycles. The Morgan fingerprint density at radius 2 is 1.89 bits per heavy atom. The number of nitrogens with two attached hydrogens (primary N) is 1. The third-order valence-electron chi connectivity index (χ3n) is 3.80. The first-order valence-electron chi connectivity index (χ1n) is 7.33. The Balaban J connectivity index is 2.43. The maximum atomic E-state index is 5.71. The van der Waals surface area contributed by atoms with Crippen molar-refractivity contribution < 1.29 is 0 Å². The molecule has 2 N–H and O–H groups in total. The molecule has 0 fully saturated rings. The molecule has 3 heteroatoms. The van der Waals surface area contributed by atoms with Gasteiger partial charge in [0.1, 0.15) is 5.82 Å². The molecule has 1 heterocycles. The van der Waals surface area contributed by atoms with Gasteiger partial charge in [0.05, 0.1) is 11.0 Å². The van der Waals surface area contributed by atoms with E-state index in [2.05, 4.69) is 37.5 Å². The summed E-state index contributed by atoms with van der Waals surface area (Å²) in [5.41, 5.74) is 10.7. The quantitative estimate of drug-likeness (QED) is 0.809. The van der Waals surface area contributed by atoms with Crippen molar-refractivity contribution in [2.24, 2.45) is 5.73 Å². The molecule has 0 saturated heterocycles. The zero-order valence-corrected chi connectivity index (χ0v) is 12.4. The van der Waals surface area contributed by atoms with Crippen molar-refractivity contribution in [1.29, 1.82) is 0 Å². The number of rotatable bonds is 6. The highest BCUT2D eigenvalue weighted by Gasteiger charge is 2.11. The van der Waals surface area contributed by atoms with Crippen molar-refractivity contribution in [3.8, 4) is 0 Å². The monoisotopic (exact) mass is 259 g/mol. The molecule has 2 aromatic rings. The normalized spacial score (nSPS) is 11.4. The van der Waals surface area contributed by atoms with E-state index in [0.29, 0.717) is 6.54 Å². The van der Waals surface area contributed by atoms with Gasteiger partial charge in [0.25, 0.3) is 0 Å². The molecule has 0 aliphatic rings. The van der Waals surface area contributed by atoms with Crippen LogP contribution in [0.3, 0.4) is 0 Å². The van der Waals surface area contributed by atoms with Crippen LogP contribution < -0.4 is 5.73 Å². The van der Waals surface area contributed by atoms with Gasteiger partial charge in [0, 0.05) is 13.0 Å². The van der Waals surface area contributed by atoms with Crippen molar-refractivity contribution in [3.63, 3.8) is 0 Å². The van der Waals surface area contributed by atoms with Crippen LogP contribution in [0.25, 0.3) is 11.0 Å². The van der Waals surface area contributed by atoms with Crippen LogP contribution in [0.4, 0.5) is 0 Å². The molecular formula is C16H25N3. The molecular weight excluding hydrogens is 234 g/mol. The highest BCUT2D eigenvalue weighted by Crippen LogP contribution is 2.21. The lowest BCUT2D eigenvalue weighted by molar-refractivity contribution is 0.591. The number of imidazole rings is 1. The fourth-order valence-corrected chi connectivity index (χ4v) is 2.52. The van der Waals surface area contributed by atoms with Gasteiger partial charge in [0.2, 0.25) is 0 Å². The summed E-state index contributed by atoms with van der Waals surface area (Å²) in [6, 6.07) is 4.46. The van der Waals surface area contributed by atoms with Gasteiger partial charge in [0.15, 0.2) is 0 Å². The average Bonchev–Trinajstić information content (AvgIpc) is 2.69. The van der Waals surface area contributed by atoms with Crippen LogP contribution in [-0.4, -0.2) is 16.1 Å². The number of aromatic nitrogens is 2. The zero-order valence-electron chi connectivity index (χ0n) is 12.4. The summed E-state index contributed by atoms with van der Waals surface area (Å²) in [5.74, 6) is 1.14. The lowest BCUT2D eigenvalue weighted by Crippen LogP contribution is -2.10. The predicted octanol–water partition coefficient (Wildman–Crippen LogP) is 3.34. The first kappa shape index (κ1) is 14.1. The van der Waals surface area contributed by atoms with Crippen LogP contribution in [-0.2, 0) is 13.0 Å². The van der Waals surface area contributed by atoms with E-state index in [4.69, 9.17) is 10.7 Å². The third-order valence-corrected chi connectivity index (χ3v) is 3.80. The Morgan fingerprint density at radius 1 is 1.16 bits per heavy atom. The SMILES string of the molecule is CCCCCn1c(CCN)nc2cc(C)c(C)cc21. The lowest BCUT2D eigenvalue weighted by Gasteiger charge is -2.09. The van der Waals surface area contributed by atoms with Crippen LogP contribution in [0.1, 0.15) is 43.1 Å². The van der Waals surface area contributed by atoms with Gasteiger partial charge in [-0.2, -0.15) is 0 Å². The summed E-state index contributed by atoms with van der Waals surface area (Å²) < 4.78 is 2.37. The highest BCUT2D eigenvalue weighted by atomic mass is 15.1. The second-order valence-electron chi connectivity index (χ2n) is 5.35. The molecule has 1 aromatic carbocycles. The van der Waals surface area contributed by atoms with Crippen LogP contribution in [0.5, 0.6) is 0 Å². The Bertz CT molecular complexity index is 555. The highest BCUT2D eigenvalue weighted by molar-refractivity contribution is 5.78. The summed E-state index contributed by atoms with van der Waals surface area (Å²) >= 11 is 0. The van der Waals surface area contributed by atoms with Crippen LogP contribution in [0.2, 0.25) is 0 Å². The predicted molar refractivity (Wildman–Crippen MR) is 81.5 cm³/mol. The second-order valence-corrected chi connectivity index (χ2v) is 5.35. The second kappa shape index (κ2) is 6.20. The minimum absolute atomic E-state index is 0.662. The van der Waals surface area contributed by atoms with E-state index in [-0.39, 0.29) is 0 Å². The average molecular weight is 259 g/mol. The van der Waals surface area contributed by atoms with E-state index in [1.54, 1.807) is 0 Å². The molecule has 3 nitrogen and oxygen atoms in total. The van der Waals surface area contributed by atoms with Gasteiger partial charge >= 0.3 is 0 Å².